The minimum atomic E-state index is 0.0111. The Morgan fingerprint density at radius 1 is 1.06 bits per heavy atom. The Kier molecular flexibility index (Phi) is 6.54. The van der Waals surface area contributed by atoms with Crippen LogP contribution in [0.5, 0.6) is 0 Å². The lowest BCUT2D eigenvalue weighted by molar-refractivity contribution is 0.480. The van der Waals surface area contributed by atoms with Crippen LogP contribution in [0.4, 0.5) is 0 Å². The summed E-state index contributed by atoms with van der Waals surface area (Å²) in [6.07, 6.45) is 2.92. The van der Waals surface area contributed by atoms with Gasteiger partial charge in [-0.05, 0) is 29.5 Å². The summed E-state index contributed by atoms with van der Waals surface area (Å²) in [5, 5.41) is 1.47. The Morgan fingerprint density at radius 2 is 1.77 bits per heavy atom. The van der Waals surface area contributed by atoms with E-state index in [4.69, 9.17) is 16.6 Å². The third kappa shape index (κ3) is 4.58. The molecule has 0 aliphatic carbocycles. The van der Waals surface area contributed by atoms with Crippen LogP contribution in [-0.2, 0) is 19.3 Å². The topological polar surface area (TPSA) is 39.8 Å². The van der Waals surface area contributed by atoms with Crippen molar-refractivity contribution in [1.82, 2.24) is 14.1 Å². The van der Waals surface area contributed by atoms with Crippen molar-refractivity contribution < 1.29 is 0 Å². The third-order valence-corrected chi connectivity index (χ3v) is 6.76. The summed E-state index contributed by atoms with van der Waals surface area (Å²) >= 11 is 7.93. The first kappa shape index (κ1) is 21.7. The van der Waals surface area contributed by atoms with Gasteiger partial charge in [-0.15, -0.1) is 0 Å². The molecule has 2 heterocycles. The summed E-state index contributed by atoms with van der Waals surface area (Å²) in [7, 11) is 1.92. The largest absolute Gasteiger partial charge is 0.344 e. The fourth-order valence-electron chi connectivity index (χ4n) is 3.63. The fraction of sp³-hybridized carbons (Fsp3) is 0.280. The van der Waals surface area contributed by atoms with Crippen LogP contribution in [0, 0.1) is 5.92 Å². The van der Waals surface area contributed by atoms with Crippen molar-refractivity contribution in [2.45, 2.75) is 37.7 Å². The van der Waals surface area contributed by atoms with Gasteiger partial charge >= 0.3 is 0 Å². The molecule has 0 aliphatic heterocycles. The van der Waals surface area contributed by atoms with Crippen molar-refractivity contribution >= 4 is 34.4 Å². The Labute approximate surface area is 191 Å². The van der Waals surface area contributed by atoms with Crippen LogP contribution in [0.3, 0.4) is 0 Å². The number of halogens is 1. The zero-order valence-electron chi connectivity index (χ0n) is 18.0. The van der Waals surface area contributed by atoms with Gasteiger partial charge in [0.2, 0.25) is 0 Å². The van der Waals surface area contributed by atoms with Gasteiger partial charge in [-0.1, -0.05) is 85.7 Å². The first-order chi connectivity index (χ1) is 15.0. The van der Waals surface area contributed by atoms with Crippen molar-refractivity contribution in [3.63, 3.8) is 0 Å². The van der Waals surface area contributed by atoms with Gasteiger partial charge in [0, 0.05) is 36.1 Å². The molecule has 6 heteroatoms. The first-order valence-electron chi connectivity index (χ1n) is 10.5. The predicted molar refractivity (Wildman–Crippen MR) is 131 cm³/mol. The highest BCUT2D eigenvalue weighted by Crippen LogP contribution is 2.31. The van der Waals surface area contributed by atoms with E-state index in [-0.39, 0.29) is 5.56 Å². The van der Waals surface area contributed by atoms with Crippen LogP contribution in [0.2, 0.25) is 5.02 Å². The Hall–Kier alpha value is -2.50. The average Bonchev–Trinajstić information content (AvgIpc) is 3.09. The summed E-state index contributed by atoms with van der Waals surface area (Å²) in [4.78, 5) is 18.6. The first-order valence-corrected chi connectivity index (χ1v) is 11.8. The molecule has 0 amide bonds. The van der Waals surface area contributed by atoms with Crippen molar-refractivity contribution in [2.75, 3.05) is 0 Å². The van der Waals surface area contributed by atoms with Crippen molar-refractivity contribution in [1.29, 1.82) is 0 Å². The van der Waals surface area contributed by atoms with Crippen LogP contribution in [0.1, 0.15) is 25.8 Å². The lowest BCUT2D eigenvalue weighted by atomic mass is 10.1. The van der Waals surface area contributed by atoms with Crippen LogP contribution in [0.15, 0.2) is 70.7 Å². The zero-order chi connectivity index (χ0) is 22.0. The maximum Gasteiger partial charge on any atom is 0.278 e. The lowest BCUT2D eigenvalue weighted by Gasteiger charge is -2.14. The van der Waals surface area contributed by atoms with Gasteiger partial charge < -0.3 is 4.57 Å². The van der Waals surface area contributed by atoms with E-state index in [1.54, 1.807) is 11.8 Å². The van der Waals surface area contributed by atoms with Crippen molar-refractivity contribution in [2.24, 2.45) is 13.0 Å². The minimum absolute atomic E-state index is 0.0111. The molecule has 0 unspecified atom stereocenters. The molecule has 0 aliphatic rings. The second-order valence-electron chi connectivity index (χ2n) is 8.13. The number of nitrogens with zero attached hydrogens (tertiary/aromatic N) is 3. The highest BCUT2D eigenvalue weighted by molar-refractivity contribution is 7.98. The van der Waals surface area contributed by atoms with Gasteiger partial charge in [0.05, 0.1) is 0 Å². The van der Waals surface area contributed by atoms with E-state index >= 15 is 0 Å². The number of aryl methyl sites for hydroxylation is 1. The lowest BCUT2D eigenvalue weighted by Crippen LogP contribution is -2.25. The number of fused-ring (bicyclic) bond motifs is 1. The van der Waals surface area contributed by atoms with Gasteiger partial charge in [0.25, 0.3) is 5.56 Å². The second kappa shape index (κ2) is 9.33. The van der Waals surface area contributed by atoms with E-state index in [9.17, 15) is 4.79 Å². The van der Waals surface area contributed by atoms with Gasteiger partial charge in [-0.25, -0.2) is 4.98 Å². The molecule has 0 N–H and O–H groups in total. The molecule has 4 rings (SSSR count). The number of hydrogen-bond donors (Lipinski definition) is 0. The SMILES string of the molecule is CC(C)CCn1c(SCc2ccccc2Cl)nc2c(-c3ccccc3)cn(C)c2c1=O. The quantitative estimate of drug-likeness (QED) is 0.241. The molecule has 0 radical (unpaired) electrons. The standard InChI is InChI=1S/C25H26ClN3OS/c1-17(2)13-14-29-24(30)23-22(20(15-28(23)3)18-9-5-4-6-10-18)27-25(29)31-16-19-11-7-8-12-21(19)26/h4-12,15,17H,13-14,16H2,1-3H3. The highest BCUT2D eigenvalue weighted by atomic mass is 35.5. The molecule has 0 spiro atoms. The van der Waals surface area contributed by atoms with Gasteiger partial charge in [0.1, 0.15) is 11.0 Å². The summed E-state index contributed by atoms with van der Waals surface area (Å²) in [5.74, 6) is 1.16. The van der Waals surface area contributed by atoms with Gasteiger partial charge in [-0.3, -0.25) is 9.36 Å². The van der Waals surface area contributed by atoms with Crippen molar-refractivity contribution in [3.8, 4) is 11.1 Å². The summed E-state index contributed by atoms with van der Waals surface area (Å²) in [5.41, 5.74) is 4.48. The zero-order valence-corrected chi connectivity index (χ0v) is 19.6. The summed E-state index contributed by atoms with van der Waals surface area (Å²) in [6, 6.07) is 17.9. The molecule has 31 heavy (non-hydrogen) atoms. The molecule has 0 atom stereocenters. The number of benzene rings is 2. The monoisotopic (exact) mass is 451 g/mol. The highest BCUT2D eigenvalue weighted by Gasteiger charge is 2.19. The van der Waals surface area contributed by atoms with Gasteiger partial charge in [-0.2, -0.15) is 0 Å². The molecule has 4 nitrogen and oxygen atoms in total. The maximum atomic E-state index is 13.6. The van der Waals surface area contributed by atoms with E-state index in [0.717, 1.165) is 38.8 Å². The second-order valence-corrected chi connectivity index (χ2v) is 9.48. The number of thioether (sulfide) groups is 1. The molecule has 160 valence electrons. The molecular weight excluding hydrogens is 426 g/mol. The van der Waals surface area contributed by atoms with Gasteiger partial charge in [0.15, 0.2) is 5.16 Å². The third-order valence-electron chi connectivity index (χ3n) is 5.37. The molecular formula is C25H26ClN3OS. The van der Waals surface area contributed by atoms with E-state index in [2.05, 4.69) is 26.0 Å². The van der Waals surface area contributed by atoms with E-state index in [1.807, 2.05) is 64.8 Å². The summed E-state index contributed by atoms with van der Waals surface area (Å²) < 4.78 is 3.74. The Morgan fingerprint density at radius 3 is 2.48 bits per heavy atom. The normalized spacial score (nSPS) is 11.5. The molecule has 0 saturated carbocycles. The van der Waals surface area contributed by atoms with E-state index in [0.29, 0.717) is 23.7 Å². The maximum absolute atomic E-state index is 13.6. The van der Waals surface area contributed by atoms with E-state index in [1.165, 1.54) is 0 Å². The molecule has 0 bridgehead atoms. The van der Waals surface area contributed by atoms with E-state index < -0.39 is 0 Å². The Balaban J connectivity index is 1.84. The van der Waals surface area contributed by atoms with Crippen LogP contribution in [0.25, 0.3) is 22.2 Å². The van der Waals surface area contributed by atoms with Crippen molar-refractivity contribution in [3.05, 3.63) is 81.7 Å². The molecule has 2 aromatic carbocycles. The predicted octanol–water partition coefficient (Wildman–Crippen LogP) is 6.39. The molecule has 0 fully saturated rings. The van der Waals surface area contributed by atoms with Crippen LogP contribution >= 0.6 is 23.4 Å². The minimum Gasteiger partial charge on any atom is -0.344 e. The number of aromatic nitrogens is 3. The number of hydrogen-bond acceptors (Lipinski definition) is 3. The molecule has 0 saturated heterocycles. The molecule has 4 aromatic rings. The smallest absolute Gasteiger partial charge is 0.278 e. The van der Waals surface area contributed by atoms with Crippen LogP contribution < -0.4 is 5.56 Å². The average molecular weight is 452 g/mol. The van der Waals surface area contributed by atoms with Crippen LogP contribution in [-0.4, -0.2) is 14.1 Å². The summed E-state index contributed by atoms with van der Waals surface area (Å²) in [6.45, 7) is 4.99. The fourth-order valence-corrected chi connectivity index (χ4v) is 4.94. The Bertz CT molecular complexity index is 1260. The number of rotatable bonds is 7. The molecule has 2 aromatic heterocycles.